The zero-order valence-electron chi connectivity index (χ0n) is 16.9. The summed E-state index contributed by atoms with van der Waals surface area (Å²) in [5, 5.41) is 11.7. The Morgan fingerprint density at radius 2 is 2.21 bits per heavy atom. The Morgan fingerprint density at radius 1 is 1.34 bits per heavy atom. The lowest BCUT2D eigenvalue weighted by Crippen LogP contribution is -2.58. The van der Waals surface area contributed by atoms with Crippen molar-refractivity contribution < 1.29 is 9.53 Å². The molecular weight excluding hydrogens is 386 g/mol. The first-order valence-corrected chi connectivity index (χ1v) is 11.3. The van der Waals surface area contributed by atoms with Crippen molar-refractivity contribution in [2.45, 2.75) is 36.1 Å². The molecule has 4 heterocycles. The van der Waals surface area contributed by atoms with E-state index in [1.54, 1.807) is 18.9 Å². The van der Waals surface area contributed by atoms with Crippen molar-refractivity contribution in [3.05, 3.63) is 42.2 Å². The molecule has 1 N–H and O–H groups in total. The predicted octanol–water partition coefficient (Wildman–Crippen LogP) is 2.04. The number of methoxy groups -OCH3 is 1. The van der Waals surface area contributed by atoms with E-state index in [2.05, 4.69) is 51.0 Å². The van der Waals surface area contributed by atoms with Gasteiger partial charge in [-0.1, -0.05) is 23.4 Å². The summed E-state index contributed by atoms with van der Waals surface area (Å²) in [5.41, 5.74) is 1.00. The van der Waals surface area contributed by atoms with Gasteiger partial charge in [0.1, 0.15) is 0 Å². The number of piperidine rings is 3. The van der Waals surface area contributed by atoms with Crippen LogP contribution in [-0.2, 0) is 21.8 Å². The standard InChI is InChI=1S/C21H29N5O2S/c1-28-10-8-22-21(27)20-14-25-9-7-16(20)11-18(25)13-26-12-17(23-24-26)15-29-19-5-3-2-4-6-19/h2-6,12,16,18,20H,7-11,13-15H2,1H3,(H,22,27)/t16-,18+,20+/m0/s1. The van der Waals surface area contributed by atoms with Crippen molar-refractivity contribution in [3.63, 3.8) is 0 Å². The number of amides is 1. The van der Waals surface area contributed by atoms with Crippen LogP contribution in [0, 0.1) is 11.8 Å². The summed E-state index contributed by atoms with van der Waals surface area (Å²) >= 11 is 1.78. The lowest BCUT2D eigenvalue weighted by atomic mass is 9.75. The van der Waals surface area contributed by atoms with Crippen LogP contribution in [0.5, 0.6) is 0 Å². The van der Waals surface area contributed by atoms with Gasteiger partial charge in [-0.2, -0.15) is 0 Å². The van der Waals surface area contributed by atoms with Gasteiger partial charge in [-0.15, -0.1) is 16.9 Å². The van der Waals surface area contributed by atoms with Crippen LogP contribution in [0.2, 0.25) is 0 Å². The Labute approximate surface area is 176 Å². The minimum absolute atomic E-state index is 0.102. The molecule has 0 aliphatic carbocycles. The topological polar surface area (TPSA) is 72.3 Å². The van der Waals surface area contributed by atoms with Crippen molar-refractivity contribution in [1.29, 1.82) is 0 Å². The average Bonchev–Trinajstić information content (AvgIpc) is 3.21. The molecule has 3 fully saturated rings. The molecule has 0 spiro atoms. The number of thioether (sulfide) groups is 1. The minimum atomic E-state index is 0.102. The highest BCUT2D eigenvalue weighted by atomic mass is 32.2. The molecule has 1 aromatic carbocycles. The van der Waals surface area contributed by atoms with E-state index >= 15 is 0 Å². The van der Waals surface area contributed by atoms with Crippen LogP contribution in [0.3, 0.4) is 0 Å². The molecule has 7 nitrogen and oxygen atoms in total. The number of nitrogens with zero attached hydrogens (tertiary/aromatic N) is 4. The maximum atomic E-state index is 12.5. The largest absolute Gasteiger partial charge is 0.383 e. The molecule has 29 heavy (non-hydrogen) atoms. The molecular formula is C21H29N5O2S. The van der Waals surface area contributed by atoms with Gasteiger partial charge in [-0.25, -0.2) is 0 Å². The van der Waals surface area contributed by atoms with Gasteiger partial charge in [0.05, 0.1) is 24.8 Å². The fourth-order valence-corrected chi connectivity index (χ4v) is 5.21. The lowest BCUT2D eigenvalue weighted by Gasteiger charge is -2.49. The lowest BCUT2D eigenvalue weighted by molar-refractivity contribution is -0.133. The Hall–Kier alpha value is -1.90. The summed E-state index contributed by atoms with van der Waals surface area (Å²) in [6, 6.07) is 10.8. The van der Waals surface area contributed by atoms with Crippen molar-refractivity contribution in [2.24, 2.45) is 11.8 Å². The number of nitrogens with one attached hydrogen (secondary N) is 1. The van der Waals surface area contributed by atoms with E-state index in [9.17, 15) is 4.79 Å². The molecule has 4 atom stereocenters. The number of carbonyl (C=O) groups excluding carboxylic acids is 1. The molecule has 3 aliphatic heterocycles. The van der Waals surface area contributed by atoms with E-state index in [1.807, 2.05) is 10.7 Å². The van der Waals surface area contributed by atoms with E-state index in [1.165, 1.54) is 4.90 Å². The molecule has 2 bridgehead atoms. The Balaban J connectivity index is 1.28. The van der Waals surface area contributed by atoms with E-state index in [0.717, 1.165) is 43.9 Å². The van der Waals surface area contributed by atoms with Gasteiger partial charge in [0.2, 0.25) is 5.91 Å². The Kier molecular flexibility index (Phi) is 6.84. The summed E-state index contributed by atoms with van der Waals surface area (Å²) < 4.78 is 7.00. The third-order valence-corrected chi connectivity index (χ3v) is 6.98. The predicted molar refractivity (Wildman–Crippen MR) is 112 cm³/mol. The van der Waals surface area contributed by atoms with E-state index < -0.39 is 0 Å². The van der Waals surface area contributed by atoms with Gasteiger partial charge >= 0.3 is 0 Å². The molecule has 1 amide bonds. The first kappa shape index (κ1) is 20.4. The van der Waals surface area contributed by atoms with Crippen molar-refractivity contribution in [1.82, 2.24) is 25.2 Å². The van der Waals surface area contributed by atoms with Crippen LogP contribution in [0.15, 0.2) is 41.4 Å². The van der Waals surface area contributed by atoms with Crippen LogP contribution >= 0.6 is 11.8 Å². The highest BCUT2D eigenvalue weighted by Gasteiger charge is 2.43. The number of fused-ring (bicyclic) bond motifs is 3. The number of hydrogen-bond donors (Lipinski definition) is 1. The molecule has 1 unspecified atom stereocenters. The fourth-order valence-electron chi connectivity index (χ4n) is 4.42. The number of rotatable bonds is 9. The maximum absolute atomic E-state index is 12.5. The Bertz CT molecular complexity index is 799. The second kappa shape index (κ2) is 9.73. The zero-order valence-corrected chi connectivity index (χ0v) is 17.7. The molecule has 3 aliphatic rings. The molecule has 156 valence electrons. The highest BCUT2D eigenvalue weighted by molar-refractivity contribution is 7.98. The maximum Gasteiger partial charge on any atom is 0.224 e. The number of hydrogen-bond acceptors (Lipinski definition) is 6. The second-order valence-corrected chi connectivity index (χ2v) is 8.91. The third kappa shape index (κ3) is 5.18. The van der Waals surface area contributed by atoms with Crippen LogP contribution in [-0.4, -0.2) is 65.2 Å². The van der Waals surface area contributed by atoms with Crippen molar-refractivity contribution in [2.75, 3.05) is 33.4 Å². The summed E-state index contributed by atoms with van der Waals surface area (Å²) in [7, 11) is 1.65. The quantitative estimate of drug-likeness (QED) is 0.499. The molecule has 1 aromatic heterocycles. The van der Waals surface area contributed by atoms with Gasteiger partial charge in [0.25, 0.3) is 0 Å². The van der Waals surface area contributed by atoms with Gasteiger partial charge in [0, 0.05) is 43.1 Å². The number of benzene rings is 1. The van der Waals surface area contributed by atoms with Gasteiger partial charge < -0.3 is 10.1 Å². The number of ether oxygens (including phenoxy) is 1. The van der Waals surface area contributed by atoms with Gasteiger partial charge in [0.15, 0.2) is 0 Å². The third-order valence-electron chi connectivity index (χ3n) is 5.93. The average molecular weight is 416 g/mol. The Morgan fingerprint density at radius 3 is 2.97 bits per heavy atom. The number of carbonyl (C=O) groups is 1. The smallest absolute Gasteiger partial charge is 0.224 e. The summed E-state index contributed by atoms with van der Waals surface area (Å²) in [5.74, 6) is 1.57. The van der Waals surface area contributed by atoms with Gasteiger partial charge in [-0.3, -0.25) is 14.4 Å². The molecule has 0 saturated carbocycles. The molecule has 0 radical (unpaired) electrons. The van der Waals surface area contributed by atoms with E-state index in [0.29, 0.717) is 25.1 Å². The molecule has 3 saturated heterocycles. The highest BCUT2D eigenvalue weighted by Crippen LogP contribution is 2.37. The fraction of sp³-hybridized carbons (Fsp3) is 0.571. The zero-order chi connectivity index (χ0) is 20.1. The van der Waals surface area contributed by atoms with Crippen LogP contribution in [0.25, 0.3) is 0 Å². The second-order valence-electron chi connectivity index (χ2n) is 7.86. The van der Waals surface area contributed by atoms with E-state index in [-0.39, 0.29) is 11.8 Å². The molecule has 5 rings (SSSR count). The monoisotopic (exact) mass is 415 g/mol. The first-order valence-electron chi connectivity index (χ1n) is 10.3. The summed E-state index contributed by atoms with van der Waals surface area (Å²) in [6.07, 6.45) is 4.22. The normalized spacial score (nSPS) is 25.8. The van der Waals surface area contributed by atoms with Crippen molar-refractivity contribution in [3.8, 4) is 0 Å². The molecule has 2 aromatic rings. The van der Waals surface area contributed by atoms with Crippen LogP contribution in [0.1, 0.15) is 18.5 Å². The van der Waals surface area contributed by atoms with Gasteiger partial charge in [-0.05, 0) is 37.4 Å². The SMILES string of the molecule is COCCNC(=O)[C@@H]1CN2CC[C@H]1C[C@@H]2Cn1cc(CSc2ccccc2)nn1. The number of aromatic nitrogens is 3. The summed E-state index contributed by atoms with van der Waals surface area (Å²) in [4.78, 5) is 16.2. The minimum Gasteiger partial charge on any atom is -0.383 e. The van der Waals surface area contributed by atoms with E-state index in [4.69, 9.17) is 4.74 Å². The van der Waals surface area contributed by atoms with Crippen molar-refractivity contribution >= 4 is 17.7 Å². The van der Waals surface area contributed by atoms with Crippen LogP contribution in [0.4, 0.5) is 0 Å². The molecule has 8 heteroatoms. The summed E-state index contributed by atoms with van der Waals surface area (Å²) in [6.45, 7) is 3.91. The first-order chi connectivity index (χ1) is 14.2. The van der Waals surface area contributed by atoms with Crippen LogP contribution < -0.4 is 5.32 Å².